The summed E-state index contributed by atoms with van der Waals surface area (Å²) in [5.74, 6) is -1.10. The number of rotatable bonds is 7. The summed E-state index contributed by atoms with van der Waals surface area (Å²) in [5, 5.41) is 17.9. The van der Waals surface area contributed by atoms with Gasteiger partial charge < -0.3 is 10.2 Å². The summed E-state index contributed by atoms with van der Waals surface area (Å²) < 4.78 is 27.2. The molecule has 0 amide bonds. The molecule has 1 unspecified atom stereocenters. The number of carbonyl (C=O) groups is 1. The number of aliphatic hydroxyl groups excluding tert-OH is 1. The van der Waals surface area contributed by atoms with E-state index in [0.717, 1.165) is 10.7 Å². The van der Waals surface area contributed by atoms with Gasteiger partial charge >= 0.3 is 5.97 Å². The Morgan fingerprint density at radius 3 is 2.63 bits per heavy atom. The van der Waals surface area contributed by atoms with Crippen LogP contribution in [0.2, 0.25) is 0 Å². The highest BCUT2D eigenvalue weighted by molar-refractivity contribution is 7.86. The lowest BCUT2D eigenvalue weighted by atomic mass is 10.1. The average Bonchev–Trinajstić information content (AvgIpc) is 2.39. The van der Waals surface area contributed by atoms with Crippen molar-refractivity contribution in [3.8, 4) is 0 Å². The topological polar surface area (TPSA) is 98.2 Å². The van der Waals surface area contributed by atoms with Crippen LogP contribution >= 0.6 is 0 Å². The molecule has 0 aliphatic carbocycles. The highest BCUT2D eigenvalue weighted by Crippen LogP contribution is 2.23. The Bertz CT molecular complexity index is 398. The van der Waals surface area contributed by atoms with Crippen molar-refractivity contribution >= 4 is 16.2 Å². The van der Waals surface area contributed by atoms with Gasteiger partial charge in [-0.1, -0.05) is 6.92 Å². The maximum Gasteiger partial charge on any atom is 0.322 e. The zero-order chi connectivity index (χ0) is 14.5. The maximum absolute atomic E-state index is 12.4. The Morgan fingerprint density at radius 2 is 2.11 bits per heavy atom. The van der Waals surface area contributed by atoms with Crippen LogP contribution in [0.1, 0.15) is 32.6 Å². The second kappa shape index (κ2) is 7.18. The molecule has 1 rings (SSSR count). The minimum absolute atomic E-state index is 0.0889. The SMILES string of the molecule is CCN(CCCO)S(=O)(=O)N1CCCCC1C(=O)O. The van der Waals surface area contributed by atoms with Gasteiger partial charge in [0.2, 0.25) is 0 Å². The van der Waals surface area contributed by atoms with Crippen LogP contribution in [-0.2, 0) is 15.0 Å². The number of hydrogen-bond acceptors (Lipinski definition) is 4. The van der Waals surface area contributed by atoms with E-state index in [4.69, 9.17) is 10.2 Å². The van der Waals surface area contributed by atoms with Crippen LogP contribution in [0.3, 0.4) is 0 Å². The lowest BCUT2D eigenvalue weighted by molar-refractivity contribution is -0.142. The van der Waals surface area contributed by atoms with Gasteiger partial charge in [-0.2, -0.15) is 17.0 Å². The molecule has 2 N–H and O–H groups in total. The Labute approximate surface area is 114 Å². The fraction of sp³-hybridized carbons (Fsp3) is 0.909. The molecule has 0 saturated carbocycles. The molecule has 8 heteroatoms. The number of piperidine rings is 1. The van der Waals surface area contributed by atoms with Crippen molar-refractivity contribution in [3.63, 3.8) is 0 Å². The van der Waals surface area contributed by atoms with Crippen LogP contribution in [0.4, 0.5) is 0 Å². The van der Waals surface area contributed by atoms with Gasteiger partial charge in [-0.3, -0.25) is 4.79 Å². The largest absolute Gasteiger partial charge is 0.480 e. The molecule has 0 radical (unpaired) electrons. The van der Waals surface area contributed by atoms with Crippen LogP contribution in [0.15, 0.2) is 0 Å². The number of aliphatic hydroxyl groups is 1. The van der Waals surface area contributed by atoms with Crippen molar-refractivity contribution in [2.45, 2.75) is 38.6 Å². The number of hydrogen-bond donors (Lipinski definition) is 2. The van der Waals surface area contributed by atoms with E-state index < -0.39 is 22.2 Å². The van der Waals surface area contributed by atoms with Crippen molar-refractivity contribution < 1.29 is 23.4 Å². The molecule has 1 aliphatic rings. The Morgan fingerprint density at radius 1 is 1.42 bits per heavy atom. The summed E-state index contributed by atoms with van der Waals surface area (Å²) in [6, 6.07) is -0.970. The van der Waals surface area contributed by atoms with E-state index in [0.29, 0.717) is 19.3 Å². The monoisotopic (exact) mass is 294 g/mol. The molecule has 1 atom stereocenters. The Kier molecular flexibility index (Phi) is 6.18. The van der Waals surface area contributed by atoms with Gasteiger partial charge in [0.15, 0.2) is 0 Å². The highest BCUT2D eigenvalue weighted by atomic mass is 32.2. The normalized spacial score (nSPS) is 21.7. The Balaban J connectivity index is 2.91. The van der Waals surface area contributed by atoms with Crippen molar-refractivity contribution in [3.05, 3.63) is 0 Å². The summed E-state index contributed by atoms with van der Waals surface area (Å²) in [6.07, 6.45) is 2.11. The second-order valence-electron chi connectivity index (χ2n) is 4.54. The third-order valence-corrected chi connectivity index (χ3v) is 5.40. The van der Waals surface area contributed by atoms with E-state index in [1.807, 2.05) is 0 Å². The molecule has 7 nitrogen and oxygen atoms in total. The van der Waals surface area contributed by atoms with Crippen LogP contribution in [-0.4, -0.2) is 65.5 Å². The molecule has 0 bridgehead atoms. The van der Waals surface area contributed by atoms with Gasteiger partial charge in [-0.25, -0.2) is 0 Å². The van der Waals surface area contributed by atoms with Crippen molar-refractivity contribution in [1.82, 2.24) is 8.61 Å². The second-order valence-corrected chi connectivity index (χ2v) is 6.42. The smallest absolute Gasteiger partial charge is 0.322 e. The zero-order valence-electron chi connectivity index (χ0n) is 11.2. The van der Waals surface area contributed by atoms with Crippen LogP contribution in [0.25, 0.3) is 0 Å². The quantitative estimate of drug-likeness (QED) is 0.682. The first-order valence-corrected chi connectivity index (χ1v) is 7.95. The third kappa shape index (κ3) is 3.88. The molecule has 1 heterocycles. The van der Waals surface area contributed by atoms with Crippen molar-refractivity contribution in [1.29, 1.82) is 0 Å². The maximum atomic E-state index is 12.4. The van der Waals surface area contributed by atoms with Crippen molar-refractivity contribution in [2.75, 3.05) is 26.2 Å². The summed E-state index contributed by atoms with van der Waals surface area (Å²) in [5.41, 5.74) is 0. The van der Waals surface area contributed by atoms with Crippen LogP contribution in [0, 0.1) is 0 Å². The molecule has 112 valence electrons. The molecule has 0 spiro atoms. The summed E-state index contributed by atoms with van der Waals surface area (Å²) >= 11 is 0. The van der Waals surface area contributed by atoms with Crippen LogP contribution < -0.4 is 0 Å². The molecule has 0 aromatic rings. The van der Waals surface area contributed by atoms with E-state index in [9.17, 15) is 13.2 Å². The predicted octanol–water partition coefficient (Wildman–Crippen LogP) is -0.125. The lowest BCUT2D eigenvalue weighted by Crippen LogP contribution is -2.53. The van der Waals surface area contributed by atoms with Gasteiger partial charge in [-0.05, 0) is 25.7 Å². The summed E-state index contributed by atoms with van der Waals surface area (Å²) in [6.45, 7) is 2.33. The first-order chi connectivity index (χ1) is 8.95. The molecule has 19 heavy (non-hydrogen) atoms. The van der Waals surface area contributed by atoms with Crippen molar-refractivity contribution in [2.24, 2.45) is 0 Å². The molecule has 0 aromatic heterocycles. The van der Waals surface area contributed by atoms with E-state index in [1.54, 1.807) is 6.92 Å². The lowest BCUT2D eigenvalue weighted by Gasteiger charge is -2.35. The van der Waals surface area contributed by atoms with E-state index in [2.05, 4.69) is 0 Å². The zero-order valence-corrected chi connectivity index (χ0v) is 12.0. The first-order valence-electron chi connectivity index (χ1n) is 6.55. The number of nitrogens with zero attached hydrogens (tertiary/aromatic N) is 2. The number of carboxylic acid groups (broad SMARTS) is 1. The van der Waals surface area contributed by atoms with Gasteiger partial charge in [0.05, 0.1) is 0 Å². The summed E-state index contributed by atoms with van der Waals surface area (Å²) in [7, 11) is -3.77. The van der Waals surface area contributed by atoms with E-state index in [1.165, 1.54) is 4.31 Å². The molecule has 1 saturated heterocycles. The number of carboxylic acids is 1. The first kappa shape index (κ1) is 16.4. The van der Waals surface area contributed by atoms with Gasteiger partial charge in [-0.15, -0.1) is 0 Å². The molecular formula is C11H22N2O5S. The fourth-order valence-electron chi connectivity index (χ4n) is 2.26. The van der Waals surface area contributed by atoms with E-state index >= 15 is 0 Å². The third-order valence-electron chi connectivity index (χ3n) is 3.28. The minimum atomic E-state index is -3.77. The summed E-state index contributed by atoms with van der Waals surface area (Å²) in [4.78, 5) is 11.2. The molecule has 0 aromatic carbocycles. The van der Waals surface area contributed by atoms with E-state index in [-0.39, 0.29) is 26.2 Å². The standard InChI is InChI=1S/C11H22N2O5S/c1-2-12(7-5-9-14)19(17,18)13-8-4-3-6-10(13)11(15)16/h10,14H,2-9H2,1H3,(H,15,16). The Hall–Kier alpha value is -0.700. The fourth-order valence-corrected chi connectivity index (χ4v) is 4.12. The minimum Gasteiger partial charge on any atom is -0.480 e. The highest BCUT2D eigenvalue weighted by Gasteiger charge is 2.39. The predicted molar refractivity (Wildman–Crippen MR) is 69.9 cm³/mol. The van der Waals surface area contributed by atoms with Gasteiger partial charge in [0.25, 0.3) is 10.2 Å². The molecule has 1 fully saturated rings. The van der Waals surface area contributed by atoms with Gasteiger partial charge in [0, 0.05) is 26.2 Å². The van der Waals surface area contributed by atoms with Crippen LogP contribution in [0.5, 0.6) is 0 Å². The average molecular weight is 294 g/mol. The van der Waals surface area contributed by atoms with Gasteiger partial charge in [0.1, 0.15) is 6.04 Å². The number of aliphatic carboxylic acids is 1. The molecule has 1 aliphatic heterocycles. The molecular weight excluding hydrogens is 272 g/mol.